The van der Waals surface area contributed by atoms with Crippen LogP contribution in [0, 0.1) is 24.1 Å². The van der Waals surface area contributed by atoms with Crippen molar-refractivity contribution in [1.82, 2.24) is 4.98 Å². The Kier molecular flexibility index (Phi) is 5.53. The second-order valence-electron chi connectivity index (χ2n) is 7.44. The van der Waals surface area contributed by atoms with Crippen LogP contribution in [0.5, 0.6) is 5.75 Å². The number of hydrogen-bond donors (Lipinski definition) is 1. The van der Waals surface area contributed by atoms with Crippen LogP contribution < -0.4 is 15.4 Å². The number of aromatic nitrogens is 1. The monoisotopic (exact) mass is 422 g/mol. The van der Waals surface area contributed by atoms with Gasteiger partial charge in [0.25, 0.3) is 0 Å². The van der Waals surface area contributed by atoms with E-state index < -0.39 is 5.82 Å². The molecular formula is C23H23FN4O3. The predicted molar refractivity (Wildman–Crippen MR) is 115 cm³/mol. The molecule has 0 spiro atoms. The van der Waals surface area contributed by atoms with E-state index in [0.29, 0.717) is 29.4 Å². The maximum atomic E-state index is 15.3. The second-order valence-corrected chi connectivity index (χ2v) is 7.44. The van der Waals surface area contributed by atoms with Gasteiger partial charge in [0.15, 0.2) is 17.4 Å². The van der Waals surface area contributed by atoms with Crippen LogP contribution in [-0.2, 0) is 4.74 Å². The fourth-order valence-electron chi connectivity index (χ4n) is 3.88. The number of halogens is 1. The Hall–Kier alpha value is -3.57. The van der Waals surface area contributed by atoms with E-state index in [2.05, 4.69) is 16.0 Å². The molecule has 1 saturated heterocycles. The quantitative estimate of drug-likeness (QED) is 0.660. The van der Waals surface area contributed by atoms with Gasteiger partial charge in [0.2, 0.25) is 0 Å². The van der Waals surface area contributed by atoms with E-state index in [4.69, 9.17) is 19.6 Å². The number of anilines is 2. The topological polar surface area (TPSA) is 97.5 Å². The summed E-state index contributed by atoms with van der Waals surface area (Å²) in [7, 11) is 3.24. The highest BCUT2D eigenvalue weighted by Gasteiger charge is 2.26. The van der Waals surface area contributed by atoms with Gasteiger partial charge in [-0.25, -0.2) is 9.37 Å². The van der Waals surface area contributed by atoms with E-state index in [1.807, 2.05) is 12.1 Å². The number of benzene rings is 1. The molecule has 0 radical (unpaired) electrons. The maximum Gasteiger partial charge on any atom is 0.174 e. The lowest BCUT2D eigenvalue weighted by atomic mass is 9.97. The average molecular weight is 422 g/mol. The molecule has 2 N–H and O–H groups in total. The van der Waals surface area contributed by atoms with Crippen molar-refractivity contribution in [3.63, 3.8) is 0 Å². The number of hydrogen-bond acceptors (Lipinski definition) is 7. The number of ether oxygens (including phenoxy) is 2. The highest BCUT2D eigenvalue weighted by atomic mass is 19.1. The lowest BCUT2D eigenvalue weighted by Gasteiger charge is -2.21. The first-order chi connectivity index (χ1) is 14.9. The first-order valence-corrected chi connectivity index (χ1v) is 9.88. The third-order valence-electron chi connectivity index (χ3n) is 5.51. The molecule has 0 bridgehead atoms. The third kappa shape index (κ3) is 3.80. The van der Waals surface area contributed by atoms with Crippen LogP contribution in [0.15, 0.2) is 34.7 Å². The number of nitrogens with zero attached hydrogens (tertiary/aromatic N) is 3. The number of nitriles is 1. The summed E-state index contributed by atoms with van der Waals surface area (Å²) in [5.74, 6) is 0.493. The molecule has 31 heavy (non-hydrogen) atoms. The number of rotatable bonds is 5. The highest BCUT2D eigenvalue weighted by Crippen LogP contribution is 2.39. The Labute approximate surface area is 179 Å². The summed E-state index contributed by atoms with van der Waals surface area (Å²) in [4.78, 5) is 6.25. The van der Waals surface area contributed by atoms with Gasteiger partial charge >= 0.3 is 0 Å². The summed E-state index contributed by atoms with van der Waals surface area (Å²) in [5.41, 5.74) is 7.55. The Morgan fingerprint density at radius 3 is 2.71 bits per heavy atom. The van der Waals surface area contributed by atoms with Crippen LogP contribution in [0.4, 0.5) is 15.9 Å². The minimum absolute atomic E-state index is 0.0523. The molecule has 4 rings (SSSR count). The Morgan fingerprint density at radius 1 is 1.29 bits per heavy atom. The second kappa shape index (κ2) is 8.28. The number of furan rings is 1. The van der Waals surface area contributed by atoms with Crippen molar-refractivity contribution in [2.24, 2.45) is 0 Å². The van der Waals surface area contributed by atoms with Crippen molar-refractivity contribution in [1.29, 1.82) is 5.26 Å². The zero-order chi connectivity index (χ0) is 22.1. The fourth-order valence-corrected chi connectivity index (χ4v) is 3.88. The van der Waals surface area contributed by atoms with Gasteiger partial charge in [0.1, 0.15) is 23.3 Å². The van der Waals surface area contributed by atoms with Crippen LogP contribution in [0.1, 0.15) is 17.7 Å². The molecule has 3 heterocycles. The molecule has 0 unspecified atom stereocenters. The van der Waals surface area contributed by atoms with Crippen molar-refractivity contribution < 1.29 is 18.3 Å². The molecule has 1 aliphatic rings. The fraction of sp³-hybridized carbons (Fsp3) is 0.304. The van der Waals surface area contributed by atoms with Gasteiger partial charge in [0, 0.05) is 37.5 Å². The van der Waals surface area contributed by atoms with Gasteiger partial charge in [-0.05, 0) is 43.2 Å². The molecule has 1 atom stereocenters. The zero-order valence-corrected chi connectivity index (χ0v) is 17.6. The summed E-state index contributed by atoms with van der Waals surface area (Å²) in [5, 5.41) is 9.92. The van der Waals surface area contributed by atoms with Gasteiger partial charge in [-0.3, -0.25) is 0 Å². The Balaban J connectivity index is 1.90. The van der Waals surface area contributed by atoms with Crippen LogP contribution >= 0.6 is 0 Å². The van der Waals surface area contributed by atoms with E-state index in [0.717, 1.165) is 18.7 Å². The summed E-state index contributed by atoms with van der Waals surface area (Å²) in [6.07, 6.45) is 1.02. The van der Waals surface area contributed by atoms with Gasteiger partial charge in [-0.15, -0.1) is 0 Å². The molecule has 160 valence electrons. The summed E-state index contributed by atoms with van der Waals surface area (Å²) < 4.78 is 31.8. The zero-order valence-electron chi connectivity index (χ0n) is 17.6. The molecule has 0 saturated carbocycles. The van der Waals surface area contributed by atoms with Gasteiger partial charge in [-0.2, -0.15) is 5.26 Å². The summed E-state index contributed by atoms with van der Waals surface area (Å²) in [6.45, 7) is 3.29. The smallest absolute Gasteiger partial charge is 0.174 e. The van der Waals surface area contributed by atoms with E-state index in [1.165, 1.54) is 0 Å². The van der Waals surface area contributed by atoms with Gasteiger partial charge in [-0.1, -0.05) is 0 Å². The lowest BCUT2D eigenvalue weighted by molar-refractivity contribution is 0.121. The molecule has 7 nitrogen and oxygen atoms in total. The molecule has 0 aliphatic carbocycles. The van der Waals surface area contributed by atoms with Crippen molar-refractivity contribution in [2.75, 3.05) is 37.9 Å². The number of aryl methyl sites for hydroxylation is 1. The van der Waals surface area contributed by atoms with Crippen LogP contribution in [0.2, 0.25) is 0 Å². The molecule has 8 heteroatoms. The van der Waals surface area contributed by atoms with Crippen LogP contribution in [-0.4, -0.2) is 38.4 Å². The van der Waals surface area contributed by atoms with Crippen LogP contribution in [0.25, 0.3) is 22.6 Å². The molecular weight excluding hydrogens is 399 g/mol. The molecule has 1 fully saturated rings. The normalized spacial score (nSPS) is 15.8. The van der Waals surface area contributed by atoms with Crippen LogP contribution in [0.3, 0.4) is 0 Å². The summed E-state index contributed by atoms with van der Waals surface area (Å²) >= 11 is 0. The molecule has 1 aromatic carbocycles. The number of pyridine rings is 1. The predicted octanol–water partition coefficient (Wildman–Crippen LogP) is 4.14. The first-order valence-electron chi connectivity index (χ1n) is 9.88. The van der Waals surface area contributed by atoms with Crippen molar-refractivity contribution in [3.05, 3.63) is 47.5 Å². The number of nitrogens with two attached hydrogens (primary N) is 1. The van der Waals surface area contributed by atoms with Crippen molar-refractivity contribution >= 4 is 11.5 Å². The van der Waals surface area contributed by atoms with E-state index in [-0.39, 0.29) is 28.7 Å². The molecule has 0 amide bonds. The minimum Gasteiger partial charge on any atom is -0.497 e. The Morgan fingerprint density at radius 2 is 2.10 bits per heavy atom. The van der Waals surface area contributed by atoms with E-state index in [1.54, 1.807) is 39.3 Å². The molecule has 3 aromatic rings. The number of methoxy groups -OCH3 is 2. The summed E-state index contributed by atoms with van der Waals surface area (Å²) in [6, 6.07) is 10.9. The third-order valence-corrected chi connectivity index (χ3v) is 5.51. The lowest BCUT2D eigenvalue weighted by Crippen LogP contribution is -2.22. The standard InChI is InChI=1S/C23H23FN4O3/c1-13-4-5-19(31-13)22-18(11-25)20(21(24)23(26)27-22)14-8-15(10-17(9-14)30-3)28-7-6-16(12-28)29-2/h4-5,8-10,16H,6-7,12H2,1-3H3,(H2,26,27)/t16-/m1/s1. The van der Waals surface area contributed by atoms with E-state index in [9.17, 15) is 5.26 Å². The minimum atomic E-state index is -0.751. The highest BCUT2D eigenvalue weighted by molar-refractivity contribution is 5.83. The SMILES string of the molecule is COc1cc(-c2c(F)c(N)nc(-c3ccc(C)o3)c2C#N)cc(N2CC[C@@H](OC)C2)c1. The number of nitrogen functional groups attached to an aromatic ring is 1. The largest absolute Gasteiger partial charge is 0.497 e. The van der Waals surface area contributed by atoms with Crippen molar-refractivity contribution in [3.8, 4) is 34.4 Å². The average Bonchev–Trinajstić information content (AvgIpc) is 3.43. The van der Waals surface area contributed by atoms with Gasteiger partial charge < -0.3 is 24.5 Å². The van der Waals surface area contributed by atoms with Gasteiger partial charge in [0.05, 0.1) is 18.8 Å². The Bertz CT molecular complexity index is 1170. The van der Waals surface area contributed by atoms with E-state index >= 15 is 4.39 Å². The maximum absolute atomic E-state index is 15.3. The van der Waals surface area contributed by atoms with Crippen molar-refractivity contribution in [2.45, 2.75) is 19.4 Å². The first kappa shape index (κ1) is 20.7. The molecule has 1 aliphatic heterocycles. The molecule has 2 aromatic heterocycles.